The molecule has 0 bridgehead atoms. The number of nitrogens with one attached hydrogen (secondary N) is 1. The van der Waals surface area contributed by atoms with Crippen LogP contribution in [0.1, 0.15) is 30.8 Å². The quantitative estimate of drug-likeness (QED) is 0.853. The Hall–Kier alpha value is -2.05. The van der Waals surface area contributed by atoms with Crippen LogP contribution in [0.15, 0.2) is 12.3 Å². The number of aliphatic carboxylic acids is 1. The van der Waals surface area contributed by atoms with Gasteiger partial charge in [-0.3, -0.25) is 4.79 Å². The molecule has 1 aromatic heterocycles. The molecule has 0 aliphatic heterocycles. The molecule has 1 heterocycles. The molecule has 1 aromatic rings. The zero-order valence-electron chi connectivity index (χ0n) is 10.5. The molecule has 0 saturated carbocycles. The Balaban J connectivity index is 2.84. The van der Waals surface area contributed by atoms with E-state index in [0.717, 1.165) is 0 Å². The molecule has 1 amide bonds. The number of carbonyl (C=O) groups is 2. The van der Waals surface area contributed by atoms with Crippen LogP contribution in [-0.2, 0) is 4.79 Å². The maximum absolute atomic E-state index is 13.3. The lowest BCUT2D eigenvalue weighted by Crippen LogP contribution is -2.42. The number of rotatable bonds is 5. The van der Waals surface area contributed by atoms with Crippen molar-refractivity contribution in [2.24, 2.45) is 5.92 Å². The van der Waals surface area contributed by atoms with Gasteiger partial charge in [0.1, 0.15) is 11.9 Å². The fourth-order valence-electron chi connectivity index (χ4n) is 1.50. The number of carboxylic acid groups (broad SMARTS) is 1. The van der Waals surface area contributed by atoms with Gasteiger partial charge in [-0.1, -0.05) is 13.8 Å². The van der Waals surface area contributed by atoms with E-state index in [1.807, 2.05) is 0 Å². The Labute approximate surface area is 108 Å². The van der Waals surface area contributed by atoms with Crippen LogP contribution in [-0.4, -0.2) is 28.0 Å². The van der Waals surface area contributed by atoms with E-state index in [-0.39, 0.29) is 12.3 Å². The standard InChI is InChI=1S/C12H14F2N2O3/c1-6(2)3-9(12(18)19)16-11(17)10-8(14)4-7(13)5-15-10/h4-6,9H,3H2,1-2H3,(H,16,17)(H,18,19)/t9-/m0/s1. The van der Waals surface area contributed by atoms with E-state index in [1.165, 1.54) is 0 Å². The Kier molecular flexibility index (Phi) is 4.91. The number of halogens is 2. The van der Waals surface area contributed by atoms with Crippen LogP contribution >= 0.6 is 0 Å². The molecule has 5 nitrogen and oxygen atoms in total. The van der Waals surface area contributed by atoms with Crippen LogP contribution < -0.4 is 5.32 Å². The highest BCUT2D eigenvalue weighted by Gasteiger charge is 2.24. The third-order valence-electron chi connectivity index (χ3n) is 2.33. The number of hydrogen-bond acceptors (Lipinski definition) is 3. The predicted molar refractivity (Wildman–Crippen MR) is 62.5 cm³/mol. The molecule has 7 heteroatoms. The molecule has 0 spiro atoms. The van der Waals surface area contributed by atoms with Gasteiger partial charge in [0.15, 0.2) is 11.5 Å². The van der Waals surface area contributed by atoms with E-state index in [9.17, 15) is 18.4 Å². The highest BCUT2D eigenvalue weighted by atomic mass is 19.1. The summed E-state index contributed by atoms with van der Waals surface area (Å²) in [4.78, 5) is 25.9. The highest BCUT2D eigenvalue weighted by Crippen LogP contribution is 2.09. The average molecular weight is 272 g/mol. The molecule has 0 saturated heterocycles. The van der Waals surface area contributed by atoms with Crippen LogP contribution in [0.4, 0.5) is 8.78 Å². The SMILES string of the molecule is CC(C)C[C@H](NC(=O)c1ncc(F)cc1F)C(=O)O. The number of carboxylic acids is 1. The molecular formula is C12H14F2N2O3. The smallest absolute Gasteiger partial charge is 0.326 e. The molecular weight excluding hydrogens is 258 g/mol. The number of nitrogens with zero attached hydrogens (tertiary/aromatic N) is 1. The summed E-state index contributed by atoms with van der Waals surface area (Å²) in [6.45, 7) is 3.58. The molecule has 1 rings (SSSR count). The van der Waals surface area contributed by atoms with Crippen molar-refractivity contribution in [2.45, 2.75) is 26.3 Å². The zero-order chi connectivity index (χ0) is 14.6. The van der Waals surface area contributed by atoms with Crippen molar-refractivity contribution in [1.82, 2.24) is 10.3 Å². The van der Waals surface area contributed by atoms with Crippen molar-refractivity contribution in [3.63, 3.8) is 0 Å². The molecule has 104 valence electrons. The van der Waals surface area contributed by atoms with Crippen molar-refractivity contribution in [2.75, 3.05) is 0 Å². The molecule has 0 aliphatic carbocycles. The lowest BCUT2D eigenvalue weighted by Gasteiger charge is -2.16. The molecule has 0 aromatic carbocycles. The molecule has 19 heavy (non-hydrogen) atoms. The van der Waals surface area contributed by atoms with Crippen LogP contribution in [0.3, 0.4) is 0 Å². The van der Waals surface area contributed by atoms with Crippen LogP contribution in [0.5, 0.6) is 0 Å². The first-order valence-electron chi connectivity index (χ1n) is 5.66. The van der Waals surface area contributed by atoms with Gasteiger partial charge in [0, 0.05) is 6.07 Å². The average Bonchev–Trinajstić information content (AvgIpc) is 2.26. The van der Waals surface area contributed by atoms with Gasteiger partial charge in [0.05, 0.1) is 6.20 Å². The predicted octanol–water partition coefficient (Wildman–Crippen LogP) is 1.59. The van der Waals surface area contributed by atoms with Crippen molar-refractivity contribution in [1.29, 1.82) is 0 Å². The second-order valence-electron chi connectivity index (χ2n) is 4.48. The van der Waals surface area contributed by atoms with E-state index >= 15 is 0 Å². The van der Waals surface area contributed by atoms with E-state index in [4.69, 9.17) is 5.11 Å². The van der Waals surface area contributed by atoms with Gasteiger partial charge < -0.3 is 10.4 Å². The minimum atomic E-state index is -1.22. The minimum Gasteiger partial charge on any atom is -0.480 e. The van der Waals surface area contributed by atoms with Gasteiger partial charge in [0.25, 0.3) is 5.91 Å². The van der Waals surface area contributed by atoms with Crippen LogP contribution in [0, 0.1) is 17.6 Å². The highest BCUT2D eigenvalue weighted by molar-refractivity contribution is 5.95. The molecule has 0 fully saturated rings. The molecule has 1 atom stereocenters. The summed E-state index contributed by atoms with van der Waals surface area (Å²) in [5.41, 5.74) is -0.628. The number of pyridine rings is 1. The first-order chi connectivity index (χ1) is 8.81. The van der Waals surface area contributed by atoms with Crippen molar-refractivity contribution >= 4 is 11.9 Å². The first kappa shape index (κ1) is 15.0. The van der Waals surface area contributed by atoms with E-state index in [1.54, 1.807) is 13.8 Å². The third kappa shape index (κ3) is 4.27. The maximum Gasteiger partial charge on any atom is 0.326 e. The van der Waals surface area contributed by atoms with Crippen molar-refractivity contribution in [3.05, 3.63) is 29.6 Å². The normalized spacial score (nSPS) is 12.3. The van der Waals surface area contributed by atoms with E-state index in [0.29, 0.717) is 12.3 Å². The fraction of sp³-hybridized carbons (Fsp3) is 0.417. The maximum atomic E-state index is 13.3. The van der Waals surface area contributed by atoms with Gasteiger partial charge in [-0.15, -0.1) is 0 Å². The first-order valence-corrected chi connectivity index (χ1v) is 5.66. The van der Waals surface area contributed by atoms with Gasteiger partial charge >= 0.3 is 5.97 Å². The monoisotopic (exact) mass is 272 g/mol. The van der Waals surface area contributed by atoms with Crippen LogP contribution in [0.2, 0.25) is 0 Å². The third-order valence-corrected chi connectivity index (χ3v) is 2.33. The fourth-order valence-corrected chi connectivity index (χ4v) is 1.50. The molecule has 0 radical (unpaired) electrons. The van der Waals surface area contributed by atoms with Gasteiger partial charge in [-0.25, -0.2) is 18.6 Å². The van der Waals surface area contributed by atoms with Crippen molar-refractivity contribution < 1.29 is 23.5 Å². The van der Waals surface area contributed by atoms with Crippen LogP contribution in [0.25, 0.3) is 0 Å². The lowest BCUT2D eigenvalue weighted by atomic mass is 10.0. The number of aromatic nitrogens is 1. The summed E-state index contributed by atoms with van der Waals surface area (Å²) in [5.74, 6) is -4.21. The zero-order valence-corrected chi connectivity index (χ0v) is 10.5. The van der Waals surface area contributed by atoms with E-state index in [2.05, 4.69) is 10.3 Å². The van der Waals surface area contributed by atoms with E-state index < -0.39 is 35.2 Å². The summed E-state index contributed by atoms with van der Waals surface area (Å²) in [6, 6.07) is -0.626. The summed E-state index contributed by atoms with van der Waals surface area (Å²) < 4.78 is 25.9. The number of carbonyl (C=O) groups excluding carboxylic acids is 1. The summed E-state index contributed by atoms with van der Waals surface area (Å²) in [7, 11) is 0. The van der Waals surface area contributed by atoms with Gasteiger partial charge in [-0.2, -0.15) is 0 Å². The summed E-state index contributed by atoms with van der Waals surface area (Å²) in [5, 5.41) is 11.1. The van der Waals surface area contributed by atoms with Crippen molar-refractivity contribution in [3.8, 4) is 0 Å². The lowest BCUT2D eigenvalue weighted by molar-refractivity contribution is -0.139. The van der Waals surface area contributed by atoms with Gasteiger partial charge in [0.2, 0.25) is 0 Å². The Morgan fingerprint density at radius 3 is 2.53 bits per heavy atom. The summed E-state index contributed by atoms with van der Waals surface area (Å²) >= 11 is 0. The largest absolute Gasteiger partial charge is 0.480 e. The number of hydrogen-bond donors (Lipinski definition) is 2. The molecule has 0 aliphatic rings. The summed E-state index contributed by atoms with van der Waals surface area (Å²) in [6.07, 6.45) is 0.889. The Morgan fingerprint density at radius 2 is 2.05 bits per heavy atom. The minimum absolute atomic E-state index is 0.0347. The number of amides is 1. The second-order valence-corrected chi connectivity index (χ2v) is 4.48. The topological polar surface area (TPSA) is 79.3 Å². The molecule has 2 N–H and O–H groups in total. The Bertz CT molecular complexity index is 492. The van der Waals surface area contributed by atoms with Gasteiger partial charge in [-0.05, 0) is 12.3 Å². The Morgan fingerprint density at radius 1 is 1.42 bits per heavy atom. The molecule has 0 unspecified atom stereocenters. The second kappa shape index (κ2) is 6.21.